The Morgan fingerprint density at radius 2 is 1.91 bits per heavy atom. The Kier molecular flexibility index (Phi) is 5.09. The lowest BCUT2D eigenvalue weighted by atomic mass is 10.00. The summed E-state index contributed by atoms with van der Waals surface area (Å²) in [7, 11) is 0. The number of benzene rings is 1. The third-order valence-electron chi connectivity index (χ3n) is 4.61. The van der Waals surface area contributed by atoms with Crippen LogP contribution in [-0.4, -0.2) is 24.0 Å². The monoisotopic (exact) mass is 390 g/mol. The smallest absolute Gasteiger partial charge is 0.263 e. The summed E-state index contributed by atoms with van der Waals surface area (Å²) in [6, 6.07) is 6.89. The van der Waals surface area contributed by atoms with Crippen LogP contribution in [0.1, 0.15) is 35.4 Å². The van der Waals surface area contributed by atoms with Crippen molar-refractivity contribution in [2.24, 2.45) is 0 Å². The maximum absolute atomic E-state index is 12.6. The number of halogens is 3. The zero-order chi connectivity index (χ0) is 15.3. The van der Waals surface area contributed by atoms with E-state index in [0.717, 1.165) is 22.9 Å². The largest absolute Gasteiger partial charge is 0.348 e. The first-order valence-corrected chi connectivity index (χ1v) is 9.12. The number of amides is 1. The fourth-order valence-electron chi connectivity index (χ4n) is 3.61. The van der Waals surface area contributed by atoms with Crippen LogP contribution < -0.4 is 10.6 Å². The molecule has 1 aromatic carbocycles. The van der Waals surface area contributed by atoms with Gasteiger partial charge in [0.1, 0.15) is 4.88 Å². The normalized spacial score (nSPS) is 26.1. The highest BCUT2D eigenvalue weighted by Gasteiger charge is 2.34. The van der Waals surface area contributed by atoms with Crippen LogP contribution in [0.25, 0.3) is 10.1 Å². The van der Waals surface area contributed by atoms with Crippen molar-refractivity contribution < 1.29 is 4.79 Å². The molecule has 1 aromatic heterocycles. The van der Waals surface area contributed by atoms with Crippen LogP contribution >= 0.6 is 46.9 Å². The zero-order valence-electron chi connectivity index (χ0n) is 12.3. The molecule has 2 N–H and O–H groups in total. The molecule has 3 heterocycles. The van der Waals surface area contributed by atoms with Crippen molar-refractivity contribution in [3.05, 3.63) is 33.1 Å². The summed E-state index contributed by atoms with van der Waals surface area (Å²) in [5, 5.41) is 8.84. The summed E-state index contributed by atoms with van der Waals surface area (Å²) in [6.07, 6.45) is 4.46. The average Bonchev–Trinajstić information content (AvgIpc) is 2.99. The molecule has 23 heavy (non-hydrogen) atoms. The molecule has 7 heteroatoms. The molecule has 0 aliphatic carbocycles. The van der Waals surface area contributed by atoms with Gasteiger partial charge in [-0.25, -0.2) is 0 Å². The van der Waals surface area contributed by atoms with Crippen molar-refractivity contribution >= 4 is 62.9 Å². The molecule has 0 radical (unpaired) electrons. The van der Waals surface area contributed by atoms with Gasteiger partial charge in [-0.1, -0.05) is 29.3 Å². The molecule has 0 spiro atoms. The topological polar surface area (TPSA) is 41.1 Å². The zero-order valence-corrected chi connectivity index (χ0v) is 15.4. The molecule has 2 saturated heterocycles. The van der Waals surface area contributed by atoms with Crippen LogP contribution in [-0.2, 0) is 0 Å². The predicted molar refractivity (Wildman–Crippen MR) is 99.5 cm³/mol. The summed E-state index contributed by atoms with van der Waals surface area (Å²) in [6.45, 7) is 0. The second-order valence-electron chi connectivity index (χ2n) is 6.17. The number of rotatable bonds is 2. The van der Waals surface area contributed by atoms with Crippen molar-refractivity contribution in [1.82, 2.24) is 10.6 Å². The van der Waals surface area contributed by atoms with Crippen LogP contribution in [0.5, 0.6) is 0 Å². The standard InChI is InChI=1S/C16H16Cl2N2OS.ClH/c17-8-1-4-12-13(5-8)22-15(14(12)18)16(21)20-11-6-9-2-3-10(7-11)19-9;/h1,4-5,9-11,19H,2-3,6-7H2,(H,20,21);1H. The van der Waals surface area contributed by atoms with Gasteiger partial charge in [-0.05, 0) is 37.8 Å². The van der Waals surface area contributed by atoms with Gasteiger partial charge in [0.25, 0.3) is 5.91 Å². The molecule has 4 rings (SSSR count). The van der Waals surface area contributed by atoms with Crippen molar-refractivity contribution in [2.75, 3.05) is 0 Å². The summed E-state index contributed by atoms with van der Waals surface area (Å²) < 4.78 is 0.952. The first kappa shape index (κ1) is 17.3. The van der Waals surface area contributed by atoms with Crippen LogP contribution in [0.4, 0.5) is 0 Å². The lowest BCUT2D eigenvalue weighted by Gasteiger charge is -2.29. The lowest BCUT2D eigenvalue weighted by Crippen LogP contribution is -2.47. The van der Waals surface area contributed by atoms with E-state index < -0.39 is 0 Å². The van der Waals surface area contributed by atoms with Crippen LogP contribution in [0.2, 0.25) is 10.0 Å². The van der Waals surface area contributed by atoms with Gasteiger partial charge in [0, 0.05) is 33.2 Å². The minimum atomic E-state index is -0.0615. The van der Waals surface area contributed by atoms with E-state index in [-0.39, 0.29) is 24.4 Å². The lowest BCUT2D eigenvalue weighted by molar-refractivity contribution is 0.0928. The van der Waals surface area contributed by atoms with Crippen LogP contribution in [0.15, 0.2) is 18.2 Å². The van der Waals surface area contributed by atoms with Gasteiger partial charge in [-0.3, -0.25) is 4.79 Å². The molecule has 2 aromatic rings. The molecule has 0 saturated carbocycles. The Morgan fingerprint density at radius 3 is 2.61 bits per heavy atom. The van der Waals surface area contributed by atoms with Crippen molar-refractivity contribution in [2.45, 2.75) is 43.8 Å². The predicted octanol–water partition coefficient (Wildman–Crippen LogP) is 4.64. The van der Waals surface area contributed by atoms with Crippen molar-refractivity contribution in [3.63, 3.8) is 0 Å². The number of hydrogen-bond donors (Lipinski definition) is 2. The van der Waals surface area contributed by atoms with Gasteiger partial charge in [0.2, 0.25) is 0 Å². The Balaban J connectivity index is 0.00000156. The number of carbonyl (C=O) groups is 1. The molecule has 2 bridgehead atoms. The molecule has 124 valence electrons. The summed E-state index contributed by atoms with van der Waals surface area (Å²) in [5.74, 6) is -0.0615. The van der Waals surface area contributed by atoms with E-state index in [9.17, 15) is 4.79 Å². The molecular weight excluding hydrogens is 375 g/mol. The third-order valence-corrected chi connectivity index (χ3v) is 6.50. The maximum Gasteiger partial charge on any atom is 0.263 e. The van der Waals surface area contributed by atoms with Crippen LogP contribution in [0, 0.1) is 0 Å². The molecular formula is C16H17Cl3N2OS. The molecule has 1 amide bonds. The van der Waals surface area contributed by atoms with Gasteiger partial charge in [-0.2, -0.15) is 0 Å². The highest BCUT2D eigenvalue weighted by atomic mass is 35.5. The van der Waals surface area contributed by atoms with Gasteiger partial charge in [-0.15, -0.1) is 23.7 Å². The Morgan fingerprint density at radius 1 is 1.22 bits per heavy atom. The van der Waals surface area contributed by atoms with E-state index in [4.69, 9.17) is 23.2 Å². The van der Waals surface area contributed by atoms with E-state index in [2.05, 4.69) is 10.6 Å². The highest BCUT2D eigenvalue weighted by Crippen LogP contribution is 2.37. The van der Waals surface area contributed by atoms with Gasteiger partial charge >= 0.3 is 0 Å². The molecule has 2 aliphatic heterocycles. The molecule has 2 aliphatic rings. The Bertz CT molecular complexity index is 736. The van der Waals surface area contributed by atoms with E-state index in [1.165, 1.54) is 24.2 Å². The van der Waals surface area contributed by atoms with Gasteiger partial charge in [0.05, 0.1) is 5.02 Å². The Hall–Kier alpha value is -0.520. The second kappa shape index (κ2) is 6.77. The summed E-state index contributed by atoms with van der Waals surface area (Å²) >= 11 is 13.8. The third kappa shape index (κ3) is 3.33. The molecule has 2 atom stereocenters. The summed E-state index contributed by atoms with van der Waals surface area (Å²) in [4.78, 5) is 13.2. The Labute approximate surface area is 155 Å². The number of piperidine rings is 1. The minimum Gasteiger partial charge on any atom is -0.348 e. The van der Waals surface area contributed by atoms with Gasteiger partial charge in [0.15, 0.2) is 0 Å². The fraction of sp³-hybridized carbons (Fsp3) is 0.438. The highest BCUT2D eigenvalue weighted by molar-refractivity contribution is 7.21. The van der Waals surface area contributed by atoms with E-state index in [0.29, 0.717) is 27.0 Å². The first-order chi connectivity index (χ1) is 10.6. The number of fused-ring (bicyclic) bond motifs is 3. The van der Waals surface area contributed by atoms with Crippen molar-refractivity contribution in [3.8, 4) is 0 Å². The second-order valence-corrected chi connectivity index (χ2v) is 8.03. The van der Waals surface area contributed by atoms with E-state index >= 15 is 0 Å². The first-order valence-electron chi connectivity index (χ1n) is 7.54. The number of carbonyl (C=O) groups excluding carboxylic acids is 1. The van der Waals surface area contributed by atoms with E-state index in [1.807, 2.05) is 12.1 Å². The maximum atomic E-state index is 12.6. The molecule has 3 nitrogen and oxygen atoms in total. The SMILES string of the molecule is Cl.O=C(NC1CC2CCC(C1)N2)c1sc2cc(Cl)ccc2c1Cl. The van der Waals surface area contributed by atoms with Crippen molar-refractivity contribution in [1.29, 1.82) is 0 Å². The molecule has 2 fully saturated rings. The number of nitrogens with one attached hydrogen (secondary N) is 2. The van der Waals surface area contributed by atoms with Crippen LogP contribution in [0.3, 0.4) is 0 Å². The average molecular weight is 392 g/mol. The molecule has 2 unspecified atom stereocenters. The fourth-order valence-corrected chi connectivity index (χ4v) is 5.31. The summed E-state index contributed by atoms with van der Waals surface area (Å²) in [5.41, 5.74) is 0. The number of hydrogen-bond acceptors (Lipinski definition) is 3. The quantitative estimate of drug-likeness (QED) is 0.783. The number of thiophene rings is 1. The minimum absolute atomic E-state index is 0. The van der Waals surface area contributed by atoms with Gasteiger partial charge < -0.3 is 10.6 Å². The van der Waals surface area contributed by atoms with E-state index in [1.54, 1.807) is 6.07 Å².